The van der Waals surface area contributed by atoms with Gasteiger partial charge in [-0.15, -0.1) is 0 Å². The molecule has 40 heavy (non-hydrogen) atoms. The summed E-state index contributed by atoms with van der Waals surface area (Å²) in [7, 11) is 1.63. The maximum absolute atomic E-state index is 13.7. The summed E-state index contributed by atoms with van der Waals surface area (Å²) in [6.45, 7) is 0.472. The fourth-order valence-corrected chi connectivity index (χ4v) is 4.45. The Morgan fingerprint density at radius 2 is 1.40 bits per heavy atom. The standard InChI is InChI=1S/C33H33ClN2O4/c1-39-29-18-14-25(15-19-29)20-21-35-33(38)31(22-26-8-4-2-5-9-26)36(23-27-12-16-28(34)17-13-27)32(37)24-40-30-10-6-3-7-11-30/h2-19,31H,20-24H2,1H3,(H,35,38)/t31-/m1/s1. The third-order valence-electron chi connectivity index (χ3n) is 6.51. The molecule has 2 amide bonds. The molecule has 0 radical (unpaired) electrons. The van der Waals surface area contributed by atoms with Crippen molar-refractivity contribution in [3.63, 3.8) is 0 Å². The lowest BCUT2D eigenvalue weighted by molar-refractivity contribution is -0.142. The maximum atomic E-state index is 13.7. The predicted octanol–water partition coefficient (Wildman–Crippen LogP) is 5.73. The highest BCUT2D eigenvalue weighted by molar-refractivity contribution is 6.30. The summed E-state index contributed by atoms with van der Waals surface area (Å²) in [4.78, 5) is 29.0. The second-order valence-electron chi connectivity index (χ2n) is 9.34. The number of hydrogen-bond donors (Lipinski definition) is 1. The van der Waals surface area contributed by atoms with E-state index in [4.69, 9.17) is 21.1 Å². The van der Waals surface area contributed by atoms with E-state index in [1.807, 2.05) is 84.9 Å². The number of methoxy groups -OCH3 is 1. The Hall–Kier alpha value is -4.29. The lowest BCUT2D eigenvalue weighted by atomic mass is 10.0. The first-order valence-electron chi connectivity index (χ1n) is 13.2. The average Bonchev–Trinajstić information content (AvgIpc) is 3.00. The molecule has 0 unspecified atom stereocenters. The van der Waals surface area contributed by atoms with Crippen LogP contribution in [0.15, 0.2) is 109 Å². The van der Waals surface area contributed by atoms with Crippen molar-refractivity contribution in [3.8, 4) is 11.5 Å². The summed E-state index contributed by atoms with van der Waals surface area (Å²) in [5.41, 5.74) is 2.89. The number of nitrogens with one attached hydrogen (secondary N) is 1. The van der Waals surface area contributed by atoms with Crippen LogP contribution >= 0.6 is 11.6 Å². The Balaban J connectivity index is 1.54. The molecule has 0 aromatic heterocycles. The van der Waals surface area contributed by atoms with Gasteiger partial charge in [-0.2, -0.15) is 0 Å². The zero-order valence-electron chi connectivity index (χ0n) is 22.5. The first kappa shape index (κ1) is 28.7. The van der Waals surface area contributed by atoms with E-state index >= 15 is 0 Å². The highest BCUT2D eigenvalue weighted by Gasteiger charge is 2.30. The smallest absolute Gasteiger partial charge is 0.261 e. The molecule has 0 aliphatic rings. The molecule has 0 fully saturated rings. The number of carbonyl (C=O) groups is 2. The van der Waals surface area contributed by atoms with Gasteiger partial charge in [0.05, 0.1) is 7.11 Å². The minimum Gasteiger partial charge on any atom is -0.497 e. The molecule has 0 bridgehead atoms. The van der Waals surface area contributed by atoms with Gasteiger partial charge < -0.3 is 19.7 Å². The molecule has 4 aromatic carbocycles. The number of benzene rings is 4. The van der Waals surface area contributed by atoms with Crippen LogP contribution in [0.1, 0.15) is 16.7 Å². The van der Waals surface area contributed by atoms with E-state index < -0.39 is 6.04 Å². The largest absolute Gasteiger partial charge is 0.497 e. The topological polar surface area (TPSA) is 67.9 Å². The highest BCUT2D eigenvalue weighted by Crippen LogP contribution is 2.18. The van der Waals surface area contributed by atoms with Crippen LogP contribution in [0.25, 0.3) is 0 Å². The molecule has 0 spiro atoms. The first-order valence-corrected chi connectivity index (χ1v) is 13.6. The molecule has 0 aliphatic heterocycles. The second kappa shape index (κ2) is 14.8. The molecule has 1 N–H and O–H groups in total. The van der Waals surface area contributed by atoms with Crippen LogP contribution in [0, 0.1) is 0 Å². The number of carbonyl (C=O) groups excluding carboxylic acids is 2. The Morgan fingerprint density at radius 3 is 2.05 bits per heavy atom. The molecule has 4 rings (SSSR count). The summed E-state index contributed by atoms with van der Waals surface area (Å²) in [5.74, 6) is 0.861. The number of para-hydroxylation sites is 1. The summed E-state index contributed by atoms with van der Waals surface area (Å²) in [5, 5.41) is 3.66. The summed E-state index contributed by atoms with van der Waals surface area (Å²) < 4.78 is 11.0. The fraction of sp³-hybridized carbons (Fsp3) is 0.212. The van der Waals surface area contributed by atoms with E-state index in [0.717, 1.165) is 22.4 Å². The molecule has 0 aliphatic carbocycles. The van der Waals surface area contributed by atoms with E-state index in [0.29, 0.717) is 30.2 Å². The van der Waals surface area contributed by atoms with Crippen LogP contribution in [-0.2, 0) is 29.0 Å². The number of ether oxygens (including phenoxy) is 2. The number of nitrogens with zero attached hydrogens (tertiary/aromatic N) is 1. The molecule has 4 aromatic rings. The van der Waals surface area contributed by atoms with Crippen molar-refractivity contribution in [2.45, 2.75) is 25.4 Å². The summed E-state index contributed by atoms with van der Waals surface area (Å²) in [6, 6.07) is 33.2. The highest BCUT2D eigenvalue weighted by atomic mass is 35.5. The monoisotopic (exact) mass is 556 g/mol. The summed E-state index contributed by atoms with van der Waals surface area (Å²) in [6.07, 6.45) is 1.01. The van der Waals surface area contributed by atoms with Crippen molar-refractivity contribution in [3.05, 3.63) is 131 Å². The SMILES string of the molecule is COc1ccc(CCNC(=O)[C@@H](Cc2ccccc2)N(Cc2ccc(Cl)cc2)C(=O)COc2ccccc2)cc1. The first-order chi connectivity index (χ1) is 19.5. The van der Waals surface area contributed by atoms with Crippen molar-refractivity contribution in [1.82, 2.24) is 10.2 Å². The molecule has 0 heterocycles. The van der Waals surface area contributed by atoms with Crippen molar-refractivity contribution < 1.29 is 19.1 Å². The lowest BCUT2D eigenvalue weighted by Crippen LogP contribution is -2.52. The van der Waals surface area contributed by atoms with Crippen LogP contribution < -0.4 is 14.8 Å². The van der Waals surface area contributed by atoms with E-state index in [-0.39, 0.29) is 25.0 Å². The van der Waals surface area contributed by atoms with Gasteiger partial charge in [0.15, 0.2) is 6.61 Å². The quantitative estimate of drug-likeness (QED) is 0.228. The normalized spacial score (nSPS) is 11.3. The van der Waals surface area contributed by atoms with E-state index in [1.165, 1.54) is 0 Å². The van der Waals surface area contributed by atoms with Crippen molar-refractivity contribution in [2.75, 3.05) is 20.3 Å². The molecule has 1 atom stereocenters. The number of halogens is 1. The number of amides is 2. The Morgan fingerprint density at radius 1 is 0.775 bits per heavy atom. The average molecular weight is 557 g/mol. The molecule has 206 valence electrons. The van der Waals surface area contributed by atoms with Crippen molar-refractivity contribution in [2.24, 2.45) is 0 Å². The third kappa shape index (κ3) is 8.61. The molecule has 0 saturated carbocycles. The van der Waals surface area contributed by atoms with Crippen LogP contribution in [0.2, 0.25) is 5.02 Å². The van der Waals surface area contributed by atoms with Crippen LogP contribution in [0.3, 0.4) is 0 Å². The van der Waals surface area contributed by atoms with E-state index in [1.54, 1.807) is 36.3 Å². The van der Waals surface area contributed by atoms with E-state index in [9.17, 15) is 9.59 Å². The van der Waals surface area contributed by atoms with Gasteiger partial charge >= 0.3 is 0 Å². The van der Waals surface area contributed by atoms with Crippen LogP contribution in [0.4, 0.5) is 0 Å². The summed E-state index contributed by atoms with van der Waals surface area (Å²) >= 11 is 6.10. The molecular weight excluding hydrogens is 524 g/mol. The fourth-order valence-electron chi connectivity index (χ4n) is 4.33. The van der Waals surface area contributed by atoms with Gasteiger partial charge in [-0.3, -0.25) is 9.59 Å². The van der Waals surface area contributed by atoms with E-state index in [2.05, 4.69) is 5.32 Å². The molecular formula is C33H33ClN2O4. The van der Waals surface area contributed by atoms with Crippen LogP contribution in [-0.4, -0.2) is 43.0 Å². The van der Waals surface area contributed by atoms with Gasteiger partial charge in [0.2, 0.25) is 5.91 Å². The molecule has 6 nitrogen and oxygen atoms in total. The van der Waals surface area contributed by atoms with Crippen molar-refractivity contribution in [1.29, 1.82) is 0 Å². The minimum absolute atomic E-state index is 0.192. The van der Waals surface area contributed by atoms with Gasteiger partial charge in [0.1, 0.15) is 17.5 Å². The third-order valence-corrected chi connectivity index (χ3v) is 6.77. The van der Waals surface area contributed by atoms with Gasteiger partial charge in [0, 0.05) is 24.5 Å². The number of rotatable bonds is 13. The second-order valence-corrected chi connectivity index (χ2v) is 9.78. The predicted molar refractivity (Wildman–Crippen MR) is 158 cm³/mol. The minimum atomic E-state index is -0.749. The number of hydrogen-bond acceptors (Lipinski definition) is 4. The van der Waals surface area contributed by atoms with Gasteiger partial charge in [-0.1, -0.05) is 84.4 Å². The van der Waals surface area contributed by atoms with Crippen molar-refractivity contribution >= 4 is 23.4 Å². The zero-order valence-corrected chi connectivity index (χ0v) is 23.2. The van der Waals surface area contributed by atoms with Gasteiger partial charge in [-0.05, 0) is 59.5 Å². The Bertz CT molecular complexity index is 1350. The molecule has 7 heteroatoms. The van der Waals surface area contributed by atoms with Crippen LogP contribution in [0.5, 0.6) is 11.5 Å². The molecule has 0 saturated heterocycles. The Kier molecular flexibility index (Phi) is 10.6. The maximum Gasteiger partial charge on any atom is 0.261 e. The Labute approximate surface area is 240 Å². The van der Waals surface area contributed by atoms with Gasteiger partial charge in [-0.25, -0.2) is 0 Å². The lowest BCUT2D eigenvalue weighted by Gasteiger charge is -2.31. The zero-order chi connectivity index (χ0) is 28.2. The van der Waals surface area contributed by atoms with Gasteiger partial charge in [0.25, 0.3) is 5.91 Å².